The Kier molecular flexibility index (Phi) is 5.52. The Morgan fingerprint density at radius 1 is 0.707 bits per heavy atom. The van der Waals surface area contributed by atoms with Gasteiger partial charge in [0.25, 0.3) is 0 Å². The van der Waals surface area contributed by atoms with E-state index in [0.717, 1.165) is 39.5 Å². The third-order valence-electron chi connectivity index (χ3n) is 8.37. The summed E-state index contributed by atoms with van der Waals surface area (Å²) in [6, 6.07) is 29.7. The lowest BCUT2D eigenvalue weighted by molar-refractivity contribution is -0.114. The van der Waals surface area contributed by atoms with Gasteiger partial charge < -0.3 is 4.57 Å². The fraction of sp³-hybridized carbons (Fsp3) is 0.243. The van der Waals surface area contributed by atoms with E-state index in [1.165, 1.54) is 20.5 Å². The van der Waals surface area contributed by atoms with Gasteiger partial charge in [0.1, 0.15) is 5.54 Å². The van der Waals surface area contributed by atoms with Gasteiger partial charge in [0.05, 0.1) is 16.3 Å². The van der Waals surface area contributed by atoms with Gasteiger partial charge >= 0.3 is 0 Å². The molecule has 2 aliphatic rings. The summed E-state index contributed by atoms with van der Waals surface area (Å²) in [6.45, 7) is 12.9. The van der Waals surface area contributed by atoms with Crippen LogP contribution in [0.25, 0.3) is 43.3 Å². The maximum Gasteiger partial charge on any atom is 0.185 e. The van der Waals surface area contributed by atoms with Crippen molar-refractivity contribution < 1.29 is 4.79 Å². The highest BCUT2D eigenvalue weighted by Crippen LogP contribution is 2.59. The number of carbonyl (C=O) groups is 1. The van der Waals surface area contributed by atoms with E-state index < -0.39 is 5.54 Å². The molecule has 0 saturated carbocycles. The van der Waals surface area contributed by atoms with E-state index in [4.69, 9.17) is 4.98 Å². The van der Waals surface area contributed by atoms with E-state index in [2.05, 4.69) is 137 Å². The van der Waals surface area contributed by atoms with Crippen LogP contribution in [0.1, 0.15) is 47.1 Å². The number of benzene rings is 3. The number of allylic oxidation sites excluding steroid dienone is 4. The molecule has 3 nitrogen and oxygen atoms in total. The van der Waals surface area contributed by atoms with Gasteiger partial charge in [-0.15, -0.1) is 11.3 Å². The summed E-state index contributed by atoms with van der Waals surface area (Å²) in [5.41, 5.74) is 5.79. The zero-order chi connectivity index (χ0) is 28.7. The summed E-state index contributed by atoms with van der Waals surface area (Å²) < 4.78 is 3.67. The molecule has 41 heavy (non-hydrogen) atoms. The largest absolute Gasteiger partial charge is 0.305 e. The van der Waals surface area contributed by atoms with Crippen LogP contribution in [-0.4, -0.2) is 15.3 Å². The average molecular weight is 555 g/mol. The molecule has 204 valence electrons. The molecule has 0 saturated heterocycles. The lowest BCUT2D eigenvalue weighted by Gasteiger charge is -2.39. The van der Waals surface area contributed by atoms with E-state index in [0.29, 0.717) is 0 Å². The highest BCUT2D eigenvalue weighted by atomic mass is 32.1. The predicted octanol–water partition coefficient (Wildman–Crippen LogP) is 9.68. The standard InChI is InChI=1S/C37H34N2OS/c1-35(2,3)26-21-37(22-27(32(26)40)36(4,5)6)29-25-19-13-14-20-28(25)41-33(29)34-38-30(23-15-9-7-10-16-23)31(39(34)37)24-17-11-8-12-18-24/h7-22H,1-6H3. The summed E-state index contributed by atoms with van der Waals surface area (Å²) in [5, 5.41) is 1.22. The first kappa shape index (κ1) is 25.9. The number of aromatic nitrogens is 2. The van der Waals surface area contributed by atoms with Crippen LogP contribution in [-0.2, 0) is 10.3 Å². The molecular formula is C37H34N2OS. The number of fused-ring (bicyclic) bond motifs is 7. The van der Waals surface area contributed by atoms with Gasteiger partial charge in [0, 0.05) is 32.5 Å². The van der Waals surface area contributed by atoms with Crippen molar-refractivity contribution in [2.75, 3.05) is 0 Å². The van der Waals surface area contributed by atoms with Crippen LogP contribution < -0.4 is 0 Å². The van der Waals surface area contributed by atoms with Crippen molar-refractivity contribution in [1.82, 2.24) is 9.55 Å². The molecule has 5 aromatic rings. The number of hydrogen-bond donors (Lipinski definition) is 0. The number of nitrogens with zero attached hydrogens (tertiary/aromatic N) is 2. The molecule has 3 aromatic carbocycles. The monoisotopic (exact) mass is 554 g/mol. The SMILES string of the molecule is CC(C)(C)C1=CC2(C=C(C(C)(C)C)C1=O)c1c(sc3ccccc13)-c1nc(-c3ccccc3)c(-c3ccccc3)n12. The van der Waals surface area contributed by atoms with Gasteiger partial charge in [-0.2, -0.15) is 0 Å². The highest BCUT2D eigenvalue weighted by Gasteiger charge is 2.51. The number of thiophene rings is 1. The summed E-state index contributed by atoms with van der Waals surface area (Å²) in [4.78, 5) is 20.8. The molecule has 0 radical (unpaired) electrons. The smallest absolute Gasteiger partial charge is 0.185 e. The second-order valence-corrected chi connectivity index (χ2v) is 14.3. The van der Waals surface area contributed by atoms with Crippen LogP contribution in [0.4, 0.5) is 0 Å². The molecule has 0 unspecified atom stereocenters. The molecule has 0 atom stereocenters. The molecule has 2 aromatic heterocycles. The first-order chi connectivity index (χ1) is 19.5. The minimum absolute atomic E-state index is 0.148. The Morgan fingerprint density at radius 2 is 1.24 bits per heavy atom. The Morgan fingerprint density at radius 3 is 1.83 bits per heavy atom. The number of imidazole rings is 1. The second-order valence-electron chi connectivity index (χ2n) is 13.3. The molecule has 4 heteroatoms. The van der Waals surface area contributed by atoms with Crippen molar-refractivity contribution in [1.29, 1.82) is 0 Å². The number of ketones is 1. The summed E-state index contributed by atoms with van der Waals surface area (Å²) in [5.74, 6) is 1.11. The molecule has 3 heterocycles. The Hall–Kier alpha value is -4.02. The van der Waals surface area contributed by atoms with E-state index >= 15 is 0 Å². The van der Waals surface area contributed by atoms with Gasteiger partial charge in [-0.1, -0.05) is 120 Å². The fourth-order valence-corrected chi connectivity index (χ4v) is 7.70. The van der Waals surface area contributed by atoms with Crippen LogP contribution in [0, 0.1) is 10.8 Å². The van der Waals surface area contributed by atoms with Crippen molar-refractivity contribution in [2.24, 2.45) is 10.8 Å². The summed E-state index contributed by atoms with van der Waals surface area (Å²) in [7, 11) is 0. The maximum atomic E-state index is 14.2. The second kappa shape index (κ2) is 8.74. The third-order valence-corrected chi connectivity index (χ3v) is 9.54. The van der Waals surface area contributed by atoms with Gasteiger partial charge in [0.2, 0.25) is 0 Å². The van der Waals surface area contributed by atoms with Crippen LogP contribution >= 0.6 is 11.3 Å². The quantitative estimate of drug-likeness (QED) is 0.218. The topological polar surface area (TPSA) is 34.9 Å². The molecule has 0 bridgehead atoms. The zero-order valence-corrected chi connectivity index (χ0v) is 25.3. The summed E-state index contributed by atoms with van der Waals surface area (Å²) in [6.07, 6.45) is 4.53. The van der Waals surface area contributed by atoms with E-state index in [-0.39, 0.29) is 16.6 Å². The van der Waals surface area contributed by atoms with E-state index in [9.17, 15) is 4.79 Å². The Labute approximate surface area is 245 Å². The molecule has 7 rings (SSSR count). The number of Topliss-reactive ketones (excluding diaryl/α,β-unsaturated/α-hetero) is 1. The van der Waals surface area contributed by atoms with Crippen molar-refractivity contribution in [3.05, 3.63) is 114 Å². The highest BCUT2D eigenvalue weighted by molar-refractivity contribution is 7.22. The zero-order valence-electron chi connectivity index (χ0n) is 24.4. The normalized spacial score (nSPS) is 16.1. The predicted molar refractivity (Wildman–Crippen MR) is 171 cm³/mol. The number of carbonyl (C=O) groups excluding carboxylic acids is 1. The first-order valence-corrected chi connectivity index (χ1v) is 15.1. The lowest BCUT2D eigenvalue weighted by Crippen LogP contribution is -2.38. The fourth-order valence-electron chi connectivity index (χ4n) is 6.45. The van der Waals surface area contributed by atoms with E-state index in [1.54, 1.807) is 11.3 Å². The lowest BCUT2D eigenvalue weighted by atomic mass is 9.67. The molecule has 0 N–H and O–H groups in total. The molecule has 1 spiro atoms. The van der Waals surface area contributed by atoms with Gasteiger partial charge in [-0.3, -0.25) is 4.79 Å². The van der Waals surface area contributed by atoms with Crippen LogP contribution in [0.2, 0.25) is 0 Å². The van der Waals surface area contributed by atoms with Crippen LogP contribution in [0.5, 0.6) is 0 Å². The minimum atomic E-state index is -0.700. The first-order valence-electron chi connectivity index (χ1n) is 14.3. The number of rotatable bonds is 2. The van der Waals surface area contributed by atoms with E-state index in [1.807, 2.05) is 6.07 Å². The molecule has 1 aliphatic heterocycles. The van der Waals surface area contributed by atoms with Crippen LogP contribution in [0.15, 0.2) is 108 Å². The number of hydrogen-bond acceptors (Lipinski definition) is 3. The van der Waals surface area contributed by atoms with Gasteiger partial charge in [0.15, 0.2) is 11.6 Å². The van der Waals surface area contributed by atoms with Crippen molar-refractivity contribution in [2.45, 2.75) is 47.1 Å². The Bertz CT molecular complexity index is 1870. The third kappa shape index (κ3) is 3.77. The summed E-state index contributed by atoms with van der Waals surface area (Å²) >= 11 is 1.80. The van der Waals surface area contributed by atoms with Crippen LogP contribution in [0.3, 0.4) is 0 Å². The van der Waals surface area contributed by atoms with Crippen molar-refractivity contribution >= 4 is 27.2 Å². The molecule has 1 aliphatic carbocycles. The van der Waals surface area contributed by atoms with Crippen molar-refractivity contribution in [3.63, 3.8) is 0 Å². The van der Waals surface area contributed by atoms with Crippen molar-refractivity contribution in [3.8, 4) is 33.2 Å². The molecule has 0 fully saturated rings. The van der Waals surface area contributed by atoms with Gasteiger partial charge in [-0.25, -0.2) is 4.98 Å². The average Bonchev–Trinajstić information content (AvgIpc) is 3.59. The Balaban J connectivity index is 1.70. The maximum absolute atomic E-state index is 14.2. The minimum Gasteiger partial charge on any atom is -0.305 e. The molecular weight excluding hydrogens is 520 g/mol. The van der Waals surface area contributed by atoms with Gasteiger partial charge in [-0.05, 0) is 34.4 Å². The molecule has 0 amide bonds.